The van der Waals surface area contributed by atoms with E-state index in [9.17, 15) is 0 Å². The maximum atomic E-state index is 5.15. The van der Waals surface area contributed by atoms with Crippen molar-refractivity contribution >= 4 is 22.7 Å². The first kappa shape index (κ1) is 12.6. The molecule has 0 aliphatic heterocycles. The van der Waals surface area contributed by atoms with Crippen molar-refractivity contribution in [1.29, 1.82) is 0 Å². The van der Waals surface area contributed by atoms with Crippen molar-refractivity contribution < 1.29 is 4.42 Å². The first-order valence-electron chi connectivity index (χ1n) is 6.16. The second kappa shape index (κ2) is 5.71. The summed E-state index contributed by atoms with van der Waals surface area (Å²) < 4.78 is 5.15. The highest BCUT2D eigenvalue weighted by atomic mass is 32.1. The van der Waals surface area contributed by atoms with Crippen molar-refractivity contribution in [3.8, 4) is 11.3 Å². The molecule has 0 amide bonds. The Morgan fingerprint density at radius 2 is 2.10 bits per heavy atom. The van der Waals surface area contributed by atoms with Gasteiger partial charge < -0.3 is 4.42 Å². The van der Waals surface area contributed by atoms with Crippen LogP contribution in [0.4, 0.5) is 5.13 Å². The number of benzene rings is 1. The molecule has 100 valence electrons. The van der Waals surface area contributed by atoms with E-state index < -0.39 is 0 Å². The van der Waals surface area contributed by atoms with Crippen LogP contribution < -0.4 is 5.43 Å². The van der Waals surface area contributed by atoms with Gasteiger partial charge in [0.15, 0.2) is 0 Å². The van der Waals surface area contributed by atoms with Crippen molar-refractivity contribution in [3.63, 3.8) is 0 Å². The summed E-state index contributed by atoms with van der Waals surface area (Å²) in [7, 11) is 0. The molecule has 0 aliphatic carbocycles. The fraction of sp³-hybridized carbons (Fsp3) is 0.0667. The van der Waals surface area contributed by atoms with E-state index in [1.807, 2.05) is 17.5 Å². The maximum Gasteiger partial charge on any atom is 0.203 e. The molecule has 4 nitrogen and oxygen atoms in total. The number of thiazole rings is 1. The van der Waals surface area contributed by atoms with E-state index in [-0.39, 0.29) is 0 Å². The lowest BCUT2D eigenvalue weighted by Crippen LogP contribution is -1.89. The van der Waals surface area contributed by atoms with E-state index in [0.717, 1.165) is 16.4 Å². The van der Waals surface area contributed by atoms with E-state index in [1.54, 1.807) is 12.5 Å². The molecule has 0 spiro atoms. The highest BCUT2D eigenvalue weighted by Crippen LogP contribution is 2.24. The average Bonchev–Trinajstić information content (AvgIpc) is 3.11. The largest absolute Gasteiger partial charge is 0.463 e. The van der Waals surface area contributed by atoms with Gasteiger partial charge in [0.1, 0.15) is 5.76 Å². The summed E-state index contributed by atoms with van der Waals surface area (Å²) in [4.78, 5) is 4.49. The van der Waals surface area contributed by atoms with Gasteiger partial charge in [-0.05, 0) is 19.1 Å². The lowest BCUT2D eigenvalue weighted by molar-refractivity contribution is 0.560. The number of rotatable bonds is 4. The summed E-state index contributed by atoms with van der Waals surface area (Å²) in [6.07, 6.45) is 3.23. The van der Waals surface area contributed by atoms with E-state index in [1.165, 1.54) is 16.9 Å². The number of nitrogens with zero attached hydrogens (tertiary/aromatic N) is 2. The molecule has 0 bridgehead atoms. The number of nitrogens with one attached hydrogen (secondary N) is 1. The lowest BCUT2D eigenvalue weighted by atomic mass is 10.1. The van der Waals surface area contributed by atoms with Crippen LogP contribution in [-0.4, -0.2) is 11.2 Å². The first-order chi connectivity index (χ1) is 9.81. The minimum Gasteiger partial charge on any atom is -0.463 e. The van der Waals surface area contributed by atoms with Gasteiger partial charge in [0, 0.05) is 10.9 Å². The van der Waals surface area contributed by atoms with Crippen LogP contribution >= 0.6 is 11.3 Å². The second-order valence-electron chi connectivity index (χ2n) is 4.29. The van der Waals surface area contributed by atoms with Gasteiger partial charge in [-0.1, -0.05) is 29.8 Å². The molecule has 20 heavy (non-hydrogen) atoms. The van der Waals surface area contributed by atoms with Crippen LogP contribution in [0.15, 0.2) is 57.6 Å². The molecule has 0 fully saturated rings. The zero-order valence-electron chi connectivity index (χ0n) is 10.9. The Morgan fingerprint density at radius 3 is 2.85 bits per heavy atom. The number of hydrogen-bond donors (Lipinski definition) is 1. The van der Waals surface area contributed by atoms with E-state index >= 15 is 0 Å². The van der Waals surface area contributed by atoms with Gasteiger partial charge in [-0.2, -0.15) is 5.10 Å². The average molecular weight is 283 g/mol. The monoisotopic (exact) mass is 283 g/mol. The van der Waals surface area contributed by atoms with Crippen LogP contribution in [-0.2, 0) is 0 Å². The molecule has 0 unspecified atom stereocenters. The number of anilines is 1. The number of hydrazone groups is 1. The van der Waals surface area contributed by atoms with Gasteiger partial charge in [-0.25, -0.2) is 4.98 Å². The van der Waals surface area contributed by atoms with Crippen molar-refractivity contribution in [3.05, 3.63) is 59.4 Å². The molecule has 1 N–H and O–H groups in total. The smallest absolute Gasteiger partial charge is 0.203 e. The van der Waals surface area contributed by atoms with E-state index in [0.29, 0.717) is 5.76 Å². The third-order valence-electron chi connectivity index (χ3n) is 2.75. The van der Waals surface area contributed by atoms with E-state index in [2.05, 4.69) is 46.7 Å². The molecule has 3 aromatic rings. The predicted octanol–water partition coefficient (Wildman–Crippen LogP) is 4.16. The SMILES string of the molecule is Cc1ccc(-c2csc(N/N=C\c3ccco3)n2)cc1. The highest BCUT2D eigenvalue weighted by molar-refractivity contribution is 7.14. The highest BCUT2D eigenvalue weighted by Gasteiger charge is 2.03. The Labute approximate surface area is 120 Å². The van der Waals surface area contributed by atoms with Crippen molar-refractivity contribution in [2.45, 2.75) is 6.92 Å². The number of hydrogen-bond acceptors (Lipinski definition) is 5. The zero-order valence-corrected chi connectivity index (χ0v) is 11.7. The Bertz CT molecular complexity index is 699. The molecule has 0 radical (unpaired) electrons. The Morgan fingerprint density at radius 1 is 1.25 bits per heavy atom. The molecular weight excluding hydrogens is 270 g/mol. The minimum atomic E-state index is 0.702. The standard InChI is InChI=1S/C15H13N3OS/c1-11-4-6-12(7-5-11)14-10-20-15(17-14)18-16-9-13-3-2-8-19-13/h2-10H,1H3,(H,17,18)/b16-9-. The summed E-state index contributed by atoms with van der Waals surface area (Å²) in [6, 6.07) is 12.0. The second-order valence-corrected chi connectivity index (χ2v) is 5.15. The topological polar surface area (TPSA) is 50.4 Å². The molecular formula is C15H13N3OS. The van der Waals surface area contributed by atoms with Gasteiger partial charge in [0.25, 0.3) is 0 Å². The maximum absolute atomic E-state index is 5.15. The van der Waals surface area contributed by atoms with Crippen LogP contribution in [0, 0.1) is 6.92 Å². The molecule has 2 heterocycles. The van der Waals surface area contributed by atoms with Gasteiger partial charge >= 0.3 is 0 Å². The van der Waals surface area contributed by atoms with Crippen molar-refractivity contribution in [2.24, 2.45) is 5.10 Å². The van der Waals surface area contributed by atoms with Crippen LogP contribution in [0.25, 0.3) is 11.3 Å². The molecule has 5 heteroatoms. The number of aromatic nitrogens is 1. The van der Waals surface area contributed by atoms with Gasteiger partial charge in [0.05, 0.1) is 18.2 Å². The normalized spacial score (nSPS) is 11.1. The van der Waals surface area contributed by atoms with Gasteiger partial charge in [0.2, 0.25) is 5.13 Å². The first-order valence-corrected chi connectivity index (χ1v) is 7.04. The fourth-order valence-corrected chi connectivity index (χ4v) is 2.37. The van der Waals surface area contributed by atoms with Crippen LogP contribution in [0.5, 0.6) is 0 Å². The predicted molar refractivity (Wildman–Crippen MR) is 82.2 cm³/mol. The molecule has 0 atom stereocenters. The lowest BCUT2D eigenvalue weighted by Gasteiger charge is -1.97. The summed E-state index contributed by atoms with van der Waals surface area (Å²) in [5.41, 5.74) is 6.20. The van der Waals surface area contributed by atoms with Gasteiger partial charge in [-0.15, -0.1) is 11.3 Å². The third kappa shape index (κ3) is 2.95. The van der Waals surface area contributed by atoms with Crippen LogP contribution in [0.1, 0.15) is 11.3 Å². The zero-order chi connectivity index (χ0) is 13.8. The van der Waals surface area contributed by atoms with Crippen molar-refractivity contribution in [1.82, 2.24) is 4.98 Å². The molecule has 0 aliphatic rings. The summed E-state index contributed by atoms with van der Waals surface area (Å²) in [5.74, 6) is 0.702. The van der Waals surface area contributed by atoms with Gasteiger partial charge in [-0.3, -0.25) is 5.43 Å². The summed E-state index contributed by atoms with van der Waals surface area (Å²) >= 11 is 1.52. The molecule has 0 saturated carbocycles. The van der Waals surface area contributed by atoms with Crippen molar-refractivity contribution in [2.75, 3.05) is 5.43 Å². The number of furan rings is 1. The molecule has 2 aromatic heterocycles. The quantitative estimate of drug-likeness (QED) is 0.578. The Balaban J connectivity index is 1.69. The minimum absolute atomic E-state index is 0.702. The molecule has 3 rings (SSSR count). The summed E-state index contributed by atoms with van der Waals surface area (Å²) in [6.45, 7) is 2.07. The van der Waals surface area contributed by atoms with Crippen LogP contribution in [0.2, 0.25) is 0 Å². The van der Waals surface area contributed by atoms with Crippen LogP contribution in [0.3, 0.4) is 0 Å². The Hall–Kier alpha value is -2.40. The number of aryl methyl sites for hydroxylation is 1. The fourth-order valence-electron chi connectivity index (χ4n) is 1.70. The Kier molecular flexibility index (Phi) is 3.60. The summed E-state index contributed by atoms with van der Waals surface area (Å²) in [5, 5.41) is 6.85. The van der Waals surface area contributed by atoms with E-state index in [4.69, 9.17) is 4.42 Å². The molecule has 0 saturated heterocycles. The molecule has 1 aromatic carbocycles. The third-order valence-corrected chi connectivity index (χ3v) is 3.49.